The maximum absolute atomic E-state index is 5.71. The maximum atomic E-state index is 5.71. The highest BCUT2D eigenvalue weighted by Gasteiger charge is 2.24. The second kappa shape index (κ2) is 4.84. The van der Waals surface area contributed by atoms with E-state index in [0.29, 0.717) is 6.04 Å². The minimum absolute atomic E-state index is 0.425. The lowest BCUT2D eigenvalue weighted by atomic mass is 9.80. The Labute approximate surface area is 92.1 Å². The van der Waals surface area contributed by atoms with Crippen molar-refractivity contribution in [1.82, 2.24) is 5.32 Å². The van der Waals surface area contributed by atoms with Crippen molar-refractivity contribution in [3.63, 3.8) is 0 Å². The molecule has 0 saturated heterocycles. The summed E-state index contributed by atoms with van der Waals surface area (Å²) in [6, 6.07) is 4.59. The number of nitrogens with one attached hydrogen (secondary N) is 1. The van der Waals surface area contributed by atoms with Crippen LogP contribution in [-0.4, -0.2) is 6.54 Å². The zero-order chi connectivity index (χ0) is 10.7. The van der Waals surface area contributed by atoms with Gasteiger partial charge in [-0.1, -0.05) is 26.2 Å². The fourth-order valence-electron chi connectivity index (χ4n) is 2.25. The third-order valence-corrected chi connectivity index (χ3v) is 3.35. The third kappa shape index (κ3) is 2.63. The van der Waals surface area contributed by atoms with Gasteiger partial charge in [0, 0.05) is 0 Å². The minimum Gasteiger partial charge on any atom is -0.465 e. The van der Waals surface area contributed by atoms with E-state index in [2.05, 4.69) is 24.4 Å². The van der Waals surface area contributed by atoms with E-state index in [0.717, 1.165) is 24.0 Å². The van der Waals surface area contributed by atoms with Gasteiger partial charge >= 0.3 is 0 Å². The van der Waals surface area contributed by atoms with Crippen LogP contribution in [0.5, 0.6) is 0 Å². The molecular formula is C13H21NO. The zero-order valence-corrected chi connectivity index (χ0v) is 9.75. The molecule has 0 aliphatic heterocycles. The van der Waals surface area contributed by atoms with Gasteiger partial charge < -0.3 is 9.73 Å². The average Bonchev–Trinajstić information content (AvgIpc) is 2.56. The van der Waals surface area contributed by atoms with E-state index in [4.69, 9.17) is 4.42 Å². The molecule has 1 aliphatic rings. The van der Waals surface area contributed by atoms with Crippen LogP contribution in [0.1, 0.15) is 50.2 Å². The van der Waals surface area contributed by atoms with Gasteiger partial charge in [0.2, 0.25) is 0 Å². The summed E-state index contributed by atoms with van der Waals surface area (Å²) < 4.78 is 5.71. The Bertz CT molecular complexity index is 301. The van der Waals surface area contributed by atoms with Crippen molar-refractivity contribution < 1.29 is 4.42 Å². The maximum Gasteiger partial charge on any atom is 0.121 e. The van der Waals surface area contributed by atoms with Crippen LogP contribution >= 0.6 is 0 Å². The first-order chi connectivity index (χ1) is 7.29. The Morgan fingerprint density at radius 3 is 2.73 bits per heavy atom. The summed E-state index contributed by atoms with van der Waals surface area (Å²) in [5.41, 5.74) is 0. The van der Waals surface area contributed by atoms with Crippen LogP contribution in [0.2, 0.25) is 0 Å². The lowest BCUT2D eigenvalue weighted by molar-refractivity contribution is 0.246. The molecule has 1 heterocycles. The predicted molar refractivity (Wildman–Crippen MR) is 61.8 cm³/mol. The molecular weight excluding hydrogens is 186 g/mol. The Morgan fingerprint density at radius 2 is 2.27 bits per heavy atom. The third-order valence-electron chi connectivity index (χ3n) is 3.35. The first-order valence-electron chi connectivity index (χ1n) is 6.09. The Hall–Kier alpha value is -0.760. The van der Waals surface area contributed by atoms with Crippen molar-refractivity contribution in [3.8, 4) is 0 Å². The second-order valence-corrected chi connectivity index (χ2v) is 4.59. The Morgan fingerprint density at radius 1 is 1.47 bits per heavy atom. The van der Waals surface area contributed by atoms with E-state index >= 15 is 0 Å². The van der Waals surface area contributed by atoms with Gasteiger partial charge in [-0.2, -0.15) is 0 Å². The van der Waals surface area contributed by atoms with E-state index in [1.165, 1.54) is 25.7 Å². The van der Waals surface area contributed by atoms with E-state index in [1.54, 1.807) is 0 Å². The molecule has 0 amide bonds. The lowest BCUT2D eigenvalue weighted by Crippen LogP contribution is -2.25. The highest BCUT2D eigenvalue weighted by Crippen LogP contribution is 2.35. The van der Waals surface area contributed by atoms with E-state index < -0.39 is 0 Å². The molecule has 1 aromatic rings. The number of rotatable bonds is 5. The second-order valence-electron chi connectivity index (χ2n) is 4.59. The van der Waals surface area contributed by atoms with Crippen molar-refractivity contribution in [2.45, 2.75) is 45.6 Å². The highest BCUT2D eigenvalue weighted by molar-refractivity contribution is 5.10. The molecule has 2 nitrogen and oxygen atoms in total. The smallest absolute Gasteiger partial charge is 0.121 e. The van der Waals surface area contributed by atoms with Gasteiger partial charge in [-0.05, 0) is 37.9 Å². The van der Waals surface area contributed by atoms with Gasteiger partial charge in [0.1, 0.15) is 11.5 Å². The molecule has 1 N–H and O–H groups in total. The molecule has 2 heteroatoms. The molecule has 1 unspecified atom stereocenters. The van der Waals surface area contributed by atoms with Crippen molar-refractivity contribution >= 4 is 0 Å². The minimum atomic E-state index is 0.425. The Kier molecular flexibility index (Phi) is 3.47. The predicted octanol–water partition coefficient (Wildman–Crippen LogP) is 3.43. The van der Waals surface area contributed by atoms with Gasteiger partial charge in [-0.3, -0.25) is 0 Å². The van der Waals surface area contributed by atoms with E-state index in [9.17, 15) is 0 Å². The molecule has 2 rings (SSSR count). The topological polar surface area (TPSA) is 25.2 Å². The van der Waals surface area contributed by atoms with Crippen LogP contribution in [0.4, 0.5) is 0 Å². The first-order valence-corrected chi connectivity index (χ1v) is 6.09. The van der Waals surface area contributed by atoms with Crippen LogP contribution < -0.4 is 5.32 Å². The zero-order valence-electron chi connectivity index (χ0n) is 9.75. The summed E-state index contributed by atoms with van der Waals surface area (Å²) in [6.45, 7) is 5.18. The number of hydrogen-bond acceptors (Lipinski definition) is 2. The summed E-state index contributed by atoms with van der Waals surface area (Å²) in [5.74, 6) is 3.04. The van der Waals surface area contributed by atoms with Crippen molar-refractivity contribution in [1.29, 1.82) is 0 Å². The van der Waals surface area contributed by atoms with Gasteiger partial charge in [-0.25, -0.2) is 0 Å². The van der Waals surface area contributed by atoms with Crippen LogP contribution in [0.15, 0.2) is 16.5 Å². The fourth-order valence-corrected chi connectivity index (χ4v) is 2.25. The summed E-state index contributed by atoms with van der Waals surface area (Å²) in [7, 11) is 0. The molecule has 1 aliphatic carbocycles. The summed E-state index contributed by atoms with van der Waals surface area (Å²) in [6.07, 6.45) is 5.46. The van der Waals surface area contributed by atoms with Crippen LogP contribution in [-0.2, 0) is 0 Å². The SMILES string of the molecule is CCNC(CC1CCC1)c1ccc(C)o1. The van der Waals surface area contributed by atoms with Crippen molar-refractivity contribution in [3.05, 3.63) is 23.7 Å². The van der Waals surface area contributed by atoms with Crippen molar-refractivity contribution in [2.24, 2.45) is 5.92 Å². The molecule has 84 valence electrons. The van der Waals surface area contributed by atoms with Gasteiger partial charge in [0.15, 0.2) is 0 Å². The van der Waals surface area contributed by atoms with Crippen LogP contribution in [0, 0.1) is 12.8 Å². The molecule has 1 atom stereocenters. The molecule has 1 fully saturated rings. The van der Waals surface area contributed by atoms with Crippen LogP contribution in [0.3, 0.4) is 0 Å². The summed E-state index contributed by atoms with van der Waals surface area (Å²) in [4.78, 5) is 0. The highest BCUT2D eigenvalue weighted by atomic mass is 16.3. The molecule has 15 heavy (non-hydrogen) atoms. The largest absolute Gasteiger partial charge is 0.465 e. The molecule has 0 radical (unpaired) electrons. The number of furan rings is 1. The Balaban J connectivity index is 1.97. The molecule has 0 spiro atoms. The lowest BCUT2D eigenvalue weighted by Gasteiger charge is -2.29. The van der Waals surface area contributed by atoms with Crippen molar-refractivity contribution in [2.75, 3.05) is 6.54 Å². The van der Waals surface area contributed by atoms with E-state index in [-0.39, 0.29) is 0 Å². The first kappa shape index (κ1) is 10.7. The quantitative estimate of drug-likeness (QED) is 0.800. The van der Waals surface area contributed by atoms with E-state index in [1.807, 2.05) is 6.92 Å². The monoisotopic (exact) mass is 207 g/mol. The summed E-state index contributed by atoms with van der Waals surface area (Å²) >= 11 is 0. The molecule has 1 aromatic heterocycles. The average molecular weight is 207 g/mol. The molecule has 0 bridgehead atoms. The number of hydrogen-bond donors (Lipinski definition) is 1. The van der Waals surface area contributed by atoms with Crippen LogP contribution in [0.25, 0.3) is 0 Å². The van der Waals surface area contributed by atoms with Gasteiger partial charge in [0.05, 0.1) is 6.04 Å². The molecule has 0 aromatic carbocycles. The standard InChI is InChI=1S/C13H21NO/c1-3-14-12(9-11-5-4-6-11)13-8-7-10(2)15-13/h7-8,11-12,14H,3-6,9H2,1-2H3. The van der Waals surface area contributed by atoms with Gasteiger partial charge in [-0.15, -0.1) is 0 Å². The van der Waals surface area contributed by atoms with Gasteiger partial charge in [0.25, 0.3) is 0 Å². The fraction of sp³-hybridized carbons (Fsp3) is 0.692. The normalized spacial score (nSPS) is 18.8. The summed E-state index contributed by atoms with van der Waals surface area (Å²) in [5, 5.41) is 3.52. The molecule has 1 saturated carbocycles. The number of aryl methyl sites for hydroxylation is 1.